The van der Waals surface area contributed by atoms with Gasteiger partial charge in [0.05, 0.1) is 5.69 Å². The first-order chi connectivity index (χ1) is 12.6. The number of aromatic hydroxyl groups is 1. The molecule has 4 aliphatic carbocycles. The van der Waals surface area contributed by atoms with Gasteiger partial charge < -0.3 is 5.11 Å². The van der Waals surface area contributed by atoms with Crippen molar-refractivity contribution in [3.8, 4) is 5.75 Å². The van der Waals surface area contributed by atoms with E-state index >= 15 is 0 Å². The molecule has 2 aromatic rings. The second-order valence-electron chi connectivity index (χ2n) is 8.71. The Balaban J connectivity index is 1.46. The number of phenolic OH excluding ortho intramolecular Hbond substituents is 1. The Morgan fingerprint density at radius 2 is 1.54 bits per heavy atom. The molecule has 0 amide bonds. The minimum absolute atomic E-state index is 0.327. The summed E-state index contributed by atoms with van der Waals surface area (Å²) < 4.78 is 1.20. The summed E-state index contributed by atoms with van der Waals surface area (Å²) in [5.41, 5.74) is 3.55. The molecular formula is C23H24INO. The molecule has 0 radical (unpaired) electrons. The van der Waals surface area contributed by atoms with Crippen LogP contribution in [0.4, 0.5) is 5.69 Å². The highest BCUT2D eigenvalue weighted by molar-refractivity contribution is 14.1. The Morgan fingerprint density at radius 1 is 0.923 bits per heavy atom. The predicted molar refractivity (Wildman–Crippen MR) is 114 cm³/mol. The zero-order valence-electron chi connectivity index (χ0n) is 14.9. The highest BCUT2D eigenvalue weighted by atomic mass is 127. The molecule has 1 N–H and O–H groups in total. The van der Waals surface area contributed by atoms with Crippen LogP contribution < -0.4 is 0 Å². The van der Waals surface area contributed by atoms with Crippen LogP contribution in [0.15, 0.2) is 47.5 Å². The third kappa shape index (κ3) is 2.98. The van der Waals surface area contributed by atoms with Crippen LogP contribution in [0, 0.1) is 21.3 Å². The molecule has 2 aromatic carbocycles. The molecule has 0 spiro atoms. The molecular weight excluding hydrogens is 433 g/mol. The summed E-state index contributed by atoms with van der Waals surface area (Å²) in [7, 11) is 0. The monoisotopic (exact) mass is 457 g/mol. The largest absolute Gasteiger partial charge is 0.507 e. The smallest absolute Gasteiger partial charge is 0.124 e. The Bertz CT molecular complexity index is 820. The van der Waals surface area contributed by atoms with E-state index in [0.717, 1.165) is 29.0 Å². The second kappa shape index (κ2) is 6.36. The third-order valence-corrected chi connectivity index (χ3v) is 7.58. The maximum Gasteiger partial charge on any atom is 0.124 e. The van der Waals surface area contributed by atoms with Crippen molar-refractivity contribution in [1.82, 2.24) is 0 Å². The van der Waals surface area contributed by atoms with E-state index < -0.39 is 0 Å². The Morgan fingerprint density at radius 3 is 2.15 bits per heavy atom. The molecule has 4 saturated carbocycles. The van der Waals surface area contributed by atoms with Gasteiger partial charge in [-0.2, -0.15) is 0 Å². The number of aliphatic imine (C=N–C) groups is 1. The molecule has 4 bridgehead atoms. The maximum absolute atomic E-state index is 10.3. The van der Waals surface area contributed by atoms with Crippen molar-refractivity contribution in [3.63, 3.8) is 0 Å². The molecule has 134 valence electrons. The molecule has 0 heterocycles. The first kappa shape index (κ1) is 16.8. The number of halogens is 1. The first-order valence-electron chi connectivity index (χ1n) is 9.73. The molecule has 3 heteroatoms. The van der Waals surface area contributed by atoms with Gasteiger partial charge in [0.25, 0.3) is 0 Å². The summed E-state index contributed by atoms with van der Waals surface area (Å²) >= 11 is 2.30. The van der Waals surface area contributed by atoms with Gasteiger partial charge in [0.15, 0.2) is 0 Å². The van der Waals surface area contributed by atoms with Crippen molar-refractivity contribution in [2.45, 2.75) is 43.9 Å². The number of nitrogens with zero attached hydrogens (tertiary/aromatic N) is 1. The number of phenols is 1. The molecule has 0 atom stereocenters. The second-order valence-corrected chi connectivity index (χ2v) is 9.95. The number of rotatable bonds is 3. The summed E-state index contributed by atoms with van der Waals surface area (Å²) in [6, 6.07) is 14.4. The fourth-order valence-corrected chi connectivity index (χ4v) is 6.48. The number of benzene rings is 2. The zero-order chi connectivity index (χ0) is 17.7. The standard InChI is InChI=1S/C23H24INO/c24-20-2-4-21(5-3-20)25-14-18-10-19(1-6-22(18)26)23-11-15-7-16(12-23)9-17(8-15)13-23/h1-6,10,14-17,26H,7-9,11-13H2. The van der Waals surface area contributed by atoms with Gasteiger partial charge in [-0.1, -0.05) is 6.07 Å². The lowest BCUT2D eigenvalue weighted by Gasteiger charge is -2.57. The SMILES string of the molecule is Oc1ccc(C23CC4CC(CC(C4)C2)C3)cc1C=Nc1ccc(I)cc1. The predicted octanol–water partition coefficient (Wildman–Crippen LogP) is 6.22. The van der Waals surface area contributed by atoms with E-state index in [4.69, 9.17) is 0 Å². The third-order valence-electron chi connectivity index (χ3n) is 6.86. The molecule has 6 rings (SSSR count). The van der Waals surface area contributed by atoms with Crippen LogP contribution in [-0.2, 0) is 5.41 Å². The summed E-state index contributed by atoms with van der Waals surface area (Å²) in [5.74, 6) is 3.12. The van der Waals surface area contributed by atoms with Gasteiger partial charge in [0, 0.05) is 15.3 Å². The average molecular weight is 457 g/mol. The molecule has 0 aliphatic heterocycles. The minimum atomic E-state index is 0.327. The Hall–Kier alpha value is -1.36. The van der Waals surface area contributed by atoms with E-state index in [1.54, 1.807) is 0 Å². The fraction of sp³-hybridized carbons (Fsp3) is 0.435. The Labute approximate surface area is 168 Å². The summed E-state index contributed by atoms with van der Waals surface area (Å²) in [6.45, 7) is 0. The number of hydrogen-bond acceptors (Lipinski definition) is 2. The van der Waals surface area contributed by atoms with Gasteiger partial charge >= 0.3 is 0 Å². The van der Waals surface area contributed by atoms with Crippen LogP contribution in [0.1, 0.15) is 49.7 Å². The van der Waals surface area contributed by atoms with Gasteiger partial charge in [-0.3, -0.25) is 4.99 Å². The summed E-state index contributed by atoms with van der Waals surface area (Å²) in [4.78, 5) is 4.58. The average Bonchev–Trinajstić information content (AvgIpc) is 2.61. The lowest BCUT2D eigenvalue weighted by molar-refractivity contribution is -0.00520. The fourth-order valence-electron chi connectivity index (χ4n) is 6.12. The van der Waals surface area contributed by atoms with Crippen LogP contribution in [0.3, 0.4) is 0 Å². The van der Waals surface area contributed by atoms with Crippen LogP contribution in [0.5, 0.6) is 5.75 Å². The number of hydrogen-bond donors (Lipinski definition) is 1. The van der Waals surface area contributed by atoms with E-state index in [9.17, 15) is 5.11 Å². The van der Waals surface area contributed by atoms with Crippen LogP contribution in [-0.4, -0.2) is 11.3 Å². The van der Waals surface area contributed by atoms with Crippen molar-refractivity contribution in [2.75, 3.05) is 0 Å². The van der Waals surface area contributed by atoms with Crippen molar-refractivity contribution in [1.29, 1.82) is 0 Å². The molecule has 0 aromatic heterocycles. The van der Waals surface area contributed by atoms with Crippen LogP contribution in [0.2, 0.25) is 0 Å². The highest BCUT2D eigenvalue weighted by Gasteiger charge is 2.51. The summed E-state index contributed by atoms with van der Waals surface area (Å²) in [6.07, 6.45) is 10.2. The molecule has 2 nitrogen and oxygen atoms in total. The Kier molecular flexibility index (Phi) is 4.11. The van der Waals surface area contributed by atoms with Crippen LogP contribution in [0.25, 0.3) is 0 Å². The molecule has 4 fully saturated rings. The van der Waals surface area contributed by atoms with Crippen LogP contribution >= 0.6 is 22.6 Å². The molecule has 0 saturated heterocycles. The van der Waals surface area contributed by atoms with Gasteiger partial charge in [0.1, 0.15) is 5.75 Å². The van der Waals surface area contributed by atoms with E-state index in [-0.39, 0.29) is 0 Å². The quantitative estimate of drug-likeness (QED) is 0.431. The lowest BCUT2D eigenvalue weighted by Crippen LogP contribution is -2.48. The normalized spacial score (nSPS) is 32.4. The van der Waals surface area contributed by atoms with Gasteiger partial charge in [-0.25, -0.2) is 0 Å². The first-order valence-corrected chi connectivity index (χ1v) is 10.8. The minimum Gasteiger partial charge on any atom is -0.507 e. The van der Waals surface area contributed by atoms with E-state index in [2.05, 4.69) is 51.8 Å². The van der Waals surface area contributed by atoms with Crippen molar-refractivity contribution < 1.29 is 5.11 Å². The van der Waals surface area contributed by atoms with Crippen molar-refractivity contribution >= 4 is 34.5 Å². The van der Waals surface area contributed by atoms with E-state index in [0.29, 0.717) is 11.2 Å². The maximum atomic E-state index is 10.3. The van der Waals surface area contributed by atoms with Gasteiger partial charge in [-0.15, -0.1) is 0 Å². The van der Waals surface area contributed by atoms with Gasteiger partial charge in [-0.05, 0) is 126 Å². The highest BCUT2D eigenvalue weighted by Crippen LogP contribution is 2.60. The van der Waals surface area contributed by atoms with Gasteiger partial charge in [0.2, 0.25) is 0 Å². The van der Waals surface area contributed by atoms with Crippen molar-refractivity contribution in [3.05, 3.63) is 57.2 Å². The molecule has 4 aliphatic rings. The topological polar surface area (TPSA) is 32.6 Å². The van der Waals surface area contributed by atoms with E-state index in [1.165, 1.54) is 47.7 Å². The van der Waals surface area contributed by atoms with E-state index in [1.807, 2.05) is 24.4 Å². The molecule has 26 heavy (non-hydrogen) atoms. The molecule has 0 unspecified atom stereocenters. The lowest BCUT2D eigenvalue weighted by atomic mass is 9.48. The zero-order valence-corrected chi connectivity index (χ0v) is 17.0. The van der Waals surface area contributed by atoms with Crippen molar-refractivity contribution in [2.24, 2.45) is 22.7 Å². The summed E-state index contributed by atoms with van der Waals surface area (Å²) in [5, 5.41) is 10.3.